The molecule has 0 bridgehead atoms. The molecule has 5 heteroatoms. The van der Waals surface area contributed by atoms with Gasteiger partial charge in [0.2, 0.25) is 0 Å². The summed E-state index contributed by atoms with van der Waals surface area (Å²) in [7, 11) is 1.42. The van der Waals surface area contributed by atoms with Crippen molar-refractivity contribution in [3.05, 3.63) is 23.8 Å². The molecule has 1 aromatic carbocycles. The molecule has 0 radical (unpaired) electrons. The molecule has 2 N–H and O–H groups in total. The van der Waals surface area contributed by atoms with E-state index in [4.69, 9.17) is 15.2 Å². The highest BCUT2D eigenvalue weighted by Crippen LogP contribution is 2.32. The lowest BCUT2D eigenvalue weighted by atomic mass is 9.92. The number of benzene rings is 1. The van der Waals surface area contributed by atoms with Gasteiger partial charge < -0.3 is 20.1 Å². The fourth-order valence-electron chi connectivity index (χ4n) is 3.27. The zero-order valence-corrected chi connectivity index (χ0v) is 14.5. The Hall–Kier alpha value is -1.75. The van der Waals surface area contributed by atoms with Crippen molar-refractivity contribution in [2.24, 2.45) is 0 Å². The molecule has 2 rings (SSSR count). The van der Waals surface area contributed by atoms with Crippen LogP contribution in [-0.4, -0.2) is 38.4 Å². The van der Waals surface area contributed by atoms with E-state index in [-0.39, 0.29) is 24.1 Å². The van der Waals surface area contributed by atoms with Crippen molar-refractivity contribution >= 4 is 17.3 Å². The van der Waals surface area contributed by atoms with Crippen LogP contribution >= 0.6 is 0 Å². The van der Waals surface area contributed by atoms with Gasteiger partial charge in [-0.15, -0.1) is 0 Å². The number of methoxy groups -OCH3 is 1. The van der Waals surface area contributed by atoms with Crippen LogP contribution in [0.3, 0.4) is 0 Å². The van der Waals surface area contributed by atoms with Gasteiger partial charge in [0.15, 0.2) is 0 Å². The van der Waals surface area contributed by atoms with E-state index in [0.29, 0.717) is 6.42 Å². The van der Waals surface area contributed by atoms with Gasteiger partial charge in [0.25, 0.3) is 0 Å². The Balaban J connectivity index is 2.18. The number of morpholine rings is 1. The molecule has 1 fully saturated rings. The molecule has 1 unspecified atom stereocenters. The van der Waals surface area contributed by atoms with Gasteiger partial charge in [-0.2, -0.15) is 0 Å². The maximum Gasteiger partial charge on any atom is 0.306 e. The fourth-order valence-corrected chi connectivity index (χ4v) is 3.27. The van der Waals surface area contributed by atoms with E-state index in [1.54, 1.807) is 0 Å². The molecule has 23 heavy (non-hydrogen) atoms. The highest BCUT2D eigenvalue weighted by Gasteiger charge is 2.24. The number of nitrogens with two attached hydrogens (primary N) is 1. The molecule has 0 aromatic heterocycles. The Kier molecular flexibility index (Phi) is 5.88. The molecule has 1 aromatic rings. The summed E-state index contributed by atoms with van der Waals surface area (Å²) in [6.07, 6.45) is 1.65. The number of nitrogens with zero attached hydrogens (tertiary/aromatic N) is 1. The van der Waals surface area contributed by atoms with Crippen molar-refractivity contribution in [2.45, 2.75) is 51.7 Å². The van der Waals surface area contributed by atoms with Crippen LogP contribution < -0.4 is 10.6 Å². The van der Waals surface area contributed by atoms with Crippen LogP contribution in [0.5, 0.6) is 0 Å². The molecule has 0 spiro atoms. The van der Waals surface area contributed by atoms with Gasteiger partial charge in [-0.1, -0.05) is 13.0 Å². The molecule has 5 nitrogen and oxygen atoms in total. The van der Waals surface area contributed by atoms with Crippen LogP contribution in [0.2, 0.25) is 0 Å². The van der Waals surface area contributed by atoms with Crippen LogP contribution in [0.1, 0.15) is 45.1 Å². The Labute approximate surface area is 138 Å². The second kappa shape index (κ2) is 7.68. The van der Waals surface area contributed by atoms with Gasteiger partial charge in [-0.05, 0) is 43.9 Å². The highest BCUT2D eigenvalue weighted by atomic mass is 16.5. The van der Waals surface area contributed by atoms with Crippen LogP contribution in [0, 0.1) is 0 Å². The van der Waals surface area contributed by atoms with Crippen molar-refractivity contribution in [1.29, 1.82) is 0 Å². The first-order valence-corrected chi connectivity index (χ1v) is 8.31. The minimum absolute atomic E-state index is 0.140. The smallest absolute Gasteiger partial charge is 0.306 e. The van der Waals surface area contributed by atoms with Gasteiger partial charge in [0.1, 0.15) is 0 Å². The number of esters is 1. The third-order valence-electron chi connectivity index (χ3n) is 4.42. The Morgan fingerprint density at radius 3 is 2.57 bits per heavy atom. The summed E-state index contributed by atoms with van der Waals surface area (Å²) in [5.41, 5.74) is 9.19. The third kappa shape index (κ3) is 4.38. The van der Waals surface area contributed by atoms with E-state index in [1.165, 1.54) is 7.11 Å². The largest absolute Gasteiger partial charge is 0.469 e. The van der Waals surface area contributed by atoms with Crippen molar-refractivity contribution in [3.63, 3.8) is 0 Å². The highest BCUT2D eigenvalue weighted by molar-refractivity contribution is 5.72. The fraction of sp³-hybridized carbons (Fsp3) is 0.611. The maximum absolute atomic E-state index is 11.6. The van der Waals surface area contributed by atoms with Gasteiger partial charge in [0, 0.05) is 13.1 Å². The van der Waals surface area contributed by atoms with Crippen molar-refractivity contribution in [2.75, 3.05) is 30.8 Å². The maximum atomic E-state index is 11.6. The van der Waals surface area contributed by atoms with Crippen molar-refractivity contribution < 1.29 is 14.3 Å². The van der Waals surface area contributed by atoms with Gasteiger partial charge >= 0.3 is 5.97 Å². The number of rotatable bonds is 5. The Morgan fingerprint density at radius 1 is 1.39 bits per heavy atom. The van der Waals surface area contributed by atoms with Crippen LogP contribution in [0.25, 0.3) is 0 Å². The number of carbonyl (C=O) groups is 1. The zero-order chi connectivity index (χ0) is 17.0. The first-order chi connectivity index (χ1) is 10.9. The van der Waals surface area contributed by atoms with Crippen molar-refractivity contribution in [1.82, 2.24) is 0 Å². The first kappa shape index (κ1) is 17.6. The first-order valence-electron chi connectivity index (χ1n) is 8.31. The molecule has 1 heterocycles. The number of ether oxygens (including phenoxy) is 2. The number of nitrogen functional groups attached to an aromatic ring is 1. The summed E-state index contributed by atoms with van der Waals surface area (Å²) >= 11 is 0. The molecule has 1 aliphatic heterocycles. The molecule has 0 aliphatic carbocycles. The van der Waals surface area contributed by atoms with Crippen LogP contribution in [0.4, 0.5) is 11.4 Å². The Bertz CT molecular complexity index is 537. The number of hydrogen-bond donors (Lipinski definition) is 1. The monoisotopic (exact) mass is 320 g/mol. The average molecular weight is 320 g/mol. The second-order valence-electron chi connectivity index (χ2n) is 6.37. The summed E-state index contributed by atoms with van der Waals surface area (Å²) in [5, 5.41) is 0. The van der Waals surface area contributed by atoms with Crippen LogP contribution in [0.15, 0.2) is 18.2 Å². The van der Waals surface area contributed by atoms with E-state index in [0.717, 1.165) is 36.4 Å². The summed E-state index contributed by atoms with van der Waals surface area (Å²) in [6, 6.07) is 6.14. The minimum Gasteiger partial charge on any atom is -0.469 e. The molecular weight excluding hydrogens is 292 g/mol. The van der Waals surface area contributed by atoms with E-state index in [2.05, 4.69) is 37.8 Å². The number of anilines is 2. The predicted octanol–water partition coefficient (Wildman–Crippen LogP) is 2.94. The van der Waals surface area contributed by atoms with E-state index in [1.807, 2.05) is 6.07 Å². The van der Waals surface area contributed by atoms with Gasteiger partial charge in [-0.25, -0.2) is 0 Å². The molecular formula is C18H28N2O3. The van der Waals surface area contributed by atoms with Crippen LogP contribution in [-0.2, 0) is 14.3 Å². The molecule has 1 saturated heterocycles. The predicted molar refractivity (Wildman–Crippen MR) is 92.7 cm³/mol. The number of hydrogen-bond acceptors (Lipinski definition) is 5. The summed E-state index contributed by atoms with van der Waals surface area (Å²) < 4.78 is 10.6. The van der Waals surface area contributed by atoms with E-state index < -0.39 is 0 Å². The second-order valence-corrected chi connectivity index (χ2v) is 6.37. The molecule has 0 saturated carbocycles. The quantitative estimate of drug-likeness (QED) is 0.667. The topological polar surface area (TPSA) is 64.8 Å². The molecule has 1 aliphatic rings. The van der Waals surface area contributed by atoms with Gasteiger partial charge in [0.05, 0.1) is 37.1 Å². The summed E-state index contributed by atoms with van der Waals surface area (Å²) in [6.45, 7) is 7.91. The molecule has 0 amide bonds. The standard InChI is InChI=1S/C18H28N2O3/c1-5-14(9-18(21)22-4)15-6-7-17(16(19)8-15)20-10-12(2)23-13(3)11-20/h6-8,12-14H,5,9-11,19H2,1-4H3/t12-,13+,14?. The summed E-state index contributed by atoms with van der Waals surface area (Å²) in [5.74, 6) is -0.0448. The lowest BCUT2D eigenvalue weighted by molar-refractivity contribution is -0.141. The Morgan fingerprint density at radius 2 is 2.04 bits per heavy atom. The summed E-state index contributed by atoms with van der Waals surface area (Å²) in [4.78, 5) is 13.8. The van der Waals surface area contributed by atoms with Gasteiger partial charge in [-0.3, -0.25) is 4.79 Å². The van der Waals surface area contributed by atoms with E-state index >= 15 is 0 Å². The lowest BCUT2D eigenvalue weighted by Gasteiger charge is -2.37. The minimum atomic E-state index is -0.185. The SMILES string of the molecule is CCC(CC(=O)OC)c1ccc(N2C[C@@H](C)O[C@@H](C)C2)c(N)c1. The molecule has 128 valence electrons. The molecule has 3 atom stereocenters. The van der Waals surface area contributed by atoms with E-state index in [9.17, 15) is 4.79 Å². The average Bonchev–Trinajstić information content (AvgIpc) is 2.51. The number of carbonyl (C=O) groups excluding carboxylic acids is 1. The third-order valence-corrected chi connectivity index (χ3v) is 4.42. The lowest BCUT2D eigenvalue weighted by Crippen LogP contribution is -2.45. The normalized spacial score (nSPS) is 22.7. The van der Waals surface area contributed by atoms with Crippen molar-refractivity contribution in [3.8, 4) is 0 Å². The zero-order valence-electron chi connectivity index (χ0n) is 14.5.